The molecule has 0 radical (unpaired) electrons. The van der Waals surface area contributed by atoms with Crippen LogP contribution in [0.15, 0.2) is 215 Å². The molecular formula is C58H34N2O2S2. The SMILES string of the molecule is c1ccc(N(c2ccc3c(c2)sc2ccccc23)c2ccc3oc4cc5cc6oc7ccc(N(c8ccccc8)c8ccc9c(c8)sc8ccccc89)cc7c6cc5cc4c3c2)cc1. The molecule has 14 rings (SSSR count). The van der Waals surface area contributed by atoms with Crippen LogP contribution in [-0.2, 0) is 0 Å². The third kappa shape index (κ3) is 5.53. The monoisotopic (exact) mass is 854 g/mol. The van der Waals surface area contributed by atoms with Crippen molar-refractivity contribution in [1.82, 2.24) is 0 Å². The summed E-state index contributed by atoms with van der Waals surface area (Å²) in [6.45, 7) is 0. The molecule has 0 fully saturated rings. The summed E-state index contributed by atoms with van der Waals surface area (Å²) in [5, 5.41) is 11.7. The van der Waals surface area contributed by atoms with Crippen molar-refractivity contribution in [2.75, 3.05) is 9.80 Å². The smallest absolute Gasteiger partial charge is 0.136 e. The van der Waals surface area contributed by atoms with Gasteiger partial charge in [-0.15, -0.1) is 22.7 Å². The predicted octanol–water partition coefficient (Wildman–Crippen LogP) is 18.3. The number of hydrogen-bond donors (Lipinski definition) is 0. The minimum atomic E-state index is 0.851. The second kappa shape index (κ2) is 13.8. The molecule has 0 saturated heterocycles. The van der Waals surface area contributed by atoms with Crippen molar-refractivity contribution >= 4 is 152 Å². The normalized spacial score (nSPS) is 12.1. The lowest BCUT2D eigenvalue weighted by molar-refractivity contribution is 0.668. The highest BCUT2D eigenvalue weighted by atomic mass is 32.1. The average molecular weight is 855 g/mol. The molecule has 0 bridgehead atoms. The quantitative estimate of drug-likeness (QED) is 0.167. The Kier molecular flexibility index (Phi) is 7.69. The summed E-state index contributed by atoms with van der Waals surface area (Å²) in [7, 11) is 0. The van der Waals surface area contributed by atoms with E-state index in [4.69, 9.17) is 8.83 Å². The maximum atomic E-state index is 6.59. The number of rotatable bonds is 6. The van der Waals surface area contributed by atoms with Gasteiger partial charge in [0.05, 0.1) is 0 Å². The van der Waals surface area contributed by atoms with Crippen molar-refractivity contribution in [2.45, 2.75) is 0 Å². The standard InChI is InChI=1S/C58H34N2O2S2/c1-3-11-37(12-4-1)59(41-19-23-45-43-15-7-9-17-55(43)63-57(45)33-41)39-21-25-51-49(31-39)47-27-35-28-48-50-32-40(22-26-52(50)62-54(48)30-36(35)29-53(47)61-51)60(38-13-5-2-6-14-38)42-20-24-46-44-16-8-10-18-56(44)64-58(46)34-42/h1-34H. The van der Waals surface area contributed by atoms with Crippen LogP contribution in [0, 0.1) is 0 Å². The van der Waals surface area contributed by atoms with Gasteiger partial charge in [0.25, 0.3) is 0 Å². The molecule has 4 aromatic heterocycles. The van der Waals surface area contributed by atoms with E-state index >= 15 is 0 Å². The zero-order valence-corrected chi connectivity index (χ0v) is 35.8. The van der Waals surface area contributed by atoms with E-state index in [1.165, 1.54) is 40.3 Å². The summed E-state index contributed by atoms with van der Waals surface area (Å²) in [5.41, 5.74) is 9.98. The number of thiophene rings is 2. The molecule has 0 aliphatic rings. The van der Waals surface area contributed by atoms with Gasteiger partial charge in [0, 0.05) is 96.0 Å². The van der Waals surface area contributed by atoms with E-state index in [-0.39, 0.29) is 0 Å². The molecule has 0 amide bonds. The molecule has 0 aliphatic heterocycles. The van der Waals surface area contributed by atoms with Gasteiger partial charge in [-0.3, -0.25) is 0 Å². The van der Waals surface area contributed by atoms with Crippen LogP contribution < -0.4 is 9.80 Å². The Hall–Kier alpha value is -7.90. The lowest BCUT2D eigenvalue weighted by atomic mass is 10.0. The van der Waals surface area contributed by atoms with Gasteiger partial charge in [-0.25, -0.2) is 0 Å². The van der Waals surface area contributed by atoms with Crippen molar-refractivity contribution in [2.24, 2.45) is 0 Å². The maximum Gasteiger partial charge on any atom is 0.136 e. The fourth-order valence-electron chi connectivity index (χ4n) is 9.80. The van der Waals surface area contributed by atoms with Crippen molar-refractivity contribution in [3.05, 3.63) is 206 Å². The van der Waals surface area contributed by atoms with Gasteiger partial charge in [0.2, 0.25) is 0 Å². The second-order valence-corrected chi connectivity index (χ2v) is 18.7. The Balaban J connectivity index is 0.903. The van der Waals surface area contributed by atoms with Crippen LogP contribution in [0.25, 0.3) is 95.0 Å². The van der Waals surface area contributed by atoms with Gasteiger partial charge in [-0.1, -0.05) is 84.9 Å². The number of benzene rings is 10. The summed E-state index contributed by atoms with van der Waals surface area (Å²) >= 11 is 3.69. The first kappa shape index (κ1) is 35.7. The zero-order valence-electron chi connectivity index (χ0n) is 34.2. The van der Waals surface area contributed by atoms with Gasteiger partial charge in [-0.05, 0) is 132 Å². The number of anilines is 6. The van der Waals surface area contributed by atoms with E-state index in [1.54, 1.807) is 0 Å². The van der Waals surface area contributed by atoms with E-state index in [9.17, 15) is 0 Å². The Morgan fingerprint density at radius 2 is 0.625 bits per heavy atom. The topological polar surface area (TPSA) is 32.8 Å². The van der Waals surface area contributed by atoms with Gasteiger partial charge < -0.3 is 18.6 Å². The maximum absolute atomic E-state index is 6.59. The minimum absolute atomic E-state index is 0.851. The van der Waals surface area contributed by atoms with Gasteiger partial charge in [-0.2, -0.15) is 0 Å². The van der Waals surface area contributed by atoms with E-state index in [0.29, 0.717) is 0 Å². The molecule has 0 saturated carbocycles. The van der Waals surface area contributed by atoms with Gasteiger partial charge in [0.15, 0.2) is 0 Å². The highest BCUT2D eigenvalue weighted by Gasteiger charge is 2.20. The first-order chi connectivity index (χ1) is 31.7. The summed E-state index contributed by atoms with van der Waals surface area (Å²) in [6.07, 6.45) is 0. The molecule has 14 aromatic rings. The number of fused-ring (bicyclic) bond motifs is 13. The second-order valence-electron chi connectivity index (χ2n) is 16.5. The molecule has 6 heteroatoms. The molecular weight excluding hydrogens is 821 g/mol. The largest absolute Gasteiger partial charge is 0.456 e. The lowest BCUT2D eigenvalue weighted by Crippen LogP contribution is -2.09. The van der Waals surface area contributed by atoms with Gasteiger partial charge >= 0.3 is 0 Å². The number of para-hydroxylation sites is 2. The molecule has 0 aliphatic carbocycles. The predicted molar refractivity (Wildman–Crippen MR) is 274 cm³/mol. The number of furan rings is 2. The lowest BCUT2D eigenvalue weighted by Gasteiger charge is -2.25. The summed E-state index contributed by atoms with van der Waals surface area (Å²) < 4.78 is 18.3. The molecule has 4 heterocycles. The molecule has 10 aromatic carbocycles. The van der Waals surface area contributed by atoms with Crippen molar-refractivity contribution in [3.63, 3.8) is 0 Å². The molecule has 4 nitrogen and oxygen atoms in total. The molecule has 0 atom stereocenters. The molecule has 0 N–H and O–H groups in total. The van der Waals surface area contributed by atoms with Crippen LogP contribution >= 0.6 is 22.7 Å². The summed E-state index contributed by atoms with van der Waals surface area (Å²) in [6, 6.07) is 74.3. The van der Waals surface area contributed by atoms with Crippen LogP contribution in [0.1, 0.15) is 0 Å². The summed E-state index contributed by atoms with van der Waals surface area (Å²) in [4.78, 5) is 4.70. The number of nitrogens with zero attached hydrogens (tertiary/aromatic N) is 2. The van der Waals surface area contributed by atoms with Crippen LogP contribution in [-0.4, -0.2) is 0 Å². The van der Waals surface area contributed by atoms with E-state index in [0.717, 1.165) is 88.8 Å². The Morgan fingerprint density at radius 3 is 1.11 bits per heavy atom. The van der Waals surface area contributed by atoms with Crippen molar-refractivity contribution in [1.29, 1.82) is 0 Å². The van der Waals surface area contributed by atoms with Crippen LogP contribution in [0.2, 0.25) is 0 Å². The van der Waals surface area contributed by atoms with Crippen LogP contribution in [0.3, 0.4) is 0 Å². The fraction of sp³-hybridized carbons (Fsp3) is 0. The van der Waals surface area contributed by atoms with Crippen LogP contribution in [0.5, 0.6) is 0 Å². The third-order valence-corrected chi connectivity index (χ3v) is 15.0. The van der Waals surface area contributed by atoms with E-state index in [1.807, 2.05) is 22.7 Å². The third-order valence-electron chi connectivity index (χ3n) is 12.8. The first-order valence-electron chi connectivity index (χ1n) is 21.5. The first-order valence-corrected chi connectivity index (χ1v) is 23.1. The minimum Gasteiger partial charge on any atom is -0.456 e. The highest BCUT2D eigenvalue weighted by molar-refractivity contribution is 7.26. The zero-order chi connectivity index (χ0) is 41.9. The molecule has 0 spiro atoms. The highest BCUT2D eigenvalue weighted by Crippen LogP contribution is 2.45. The Labute approximate surface area is 374 Å². The molecule has 64 heavy (non-hydrogen) atoms. The molecule has 300 valence electrons. The van der Waals surface area contributed by atoms with Gasteiger partial charge in [0.1, 0.15) is 22.3 Å². The molecule has 0 unspecified atom stereocenters. The summed E-state index contributed by atoms with van der Waals surface area (Å²) in [5.74, 6) is 0. The van der Waals surface area contributed by atoms with Crippen LogP contribution in [0.4, 0.5) is 34.1 Å². The fourth-order valence-corrected chi connectivity index (χ4v) is 12.1. The van der Waals surface area contributed by atoms with Crippen molar-refractivity contribution < 1.29 is 8.83 Å². The van der Waals surface area contributed by atoms with E-state index in [2.05, 4.69) is 216 Å². The van der Waals surface area contributed by atoms with Crippen molar-refractivity contribution in [3.8, 4) is 0 Å². The average Bonchev–Trinajstić information content (AvgIpc) is 4.10. The Morgan fingerprint density at radius 1 is 0.250 bits per heavy atom. The van der Waals surface area contributed by atoms with E-state index < -0.39 is 0 Å². The Bertz CT molecular complexity index is 3900. The number of hydrogen-bond acceptors (Lipinski definition) is 6.